The molecule has 188 valence electrons. The van der Waals surface area contributed by atoms with Gasteiger partial charge in [0.05, 0.1) is 24.1 Å². The van der Waals surface area contributed by atoms with Crippen molar-refractivity contribution in [1.82, 2.24) is 9.47 Å². The molecule has 3 heterocycles. The molecule has 2 aliphatic heterocycles. The fourth-order valence-corrected chi connectivity index (χ4v) is 6.66. The summed E-state index contributed by atoms with van der Waals surface area (Å²) in [6.45, 7) is 0.464. The molecule has 0 spiro atoms. The molecule has 0 saturated carbocycles. The van der Waals surface area contributed by atoms with Gasteiger partial charge in [-0.05, 0) is 29.8 Å². The van der Waals surface area contributed by atoms with Gasteiger partial charge in [0.2, 0.25) is 5.17 Å². The summed E-state index contributed by atoms with van der Waals surface area (Å²) in [5.74, 6) is 0.307. The summed E-state index contributed by atoms with van der Waals surface area (Å²) in [5, 5.41) is 12.1. The smallest absolute Gasteiger partial charge is 0.283 e. The highest BCUT2D eigenvalue weighted by Crippen LogP contribution is 2.34. The Morgan fingerprint density at radius 1 is 0.974 bits per heavy atom. The van der Waals surface area contributed by atoms with Crippen LogP contribution in [0.1, 0.15) is 16.7 Å². The second kappa shape index (κ2) is 10.5. The molecule has 0 saturated heterocycles. The molecular weight excluding hydrogens is 557 g/mol. The second-order valence-corrected chi connectivity index (χ2v) is 11.1. The van der Waals surface area contributed by atoms with E-state index >= 15 is 0 Å². The number of halogens is 2. The van der Waals surface area contributed by atoms with Crippen LogP contribution in [0.25, 0.3) is 17.0 Å². The van der Waals surface area contributed by atoms with E-state index < -0.39 is 5.91 Å². The number of aromatic nitrogens is 1. The summed E-state index contributed by atoms with van der Waals surface area (Å²) in [5.41, 5.74) is 3.95. The molecule has 38 heavy (non-hydrogen) atoms. The maximum absolute atomic E-state index is 13.0. The third-order valence-electron chi connectivity index (χ3n) is 6.21. The Kier molecular flexibility index (Phi) is 6.88. The van der Waals surface area contributed by atoms with Gasteiger partial charge in [-0.15, -0.1) is 0 Å². The average Bonchev–Trinajstić information content (AvgIpc) is 3.49. The number of benzene rings is 3. The quantitative estimate of drug-likeness (QED) is 0.197. The van der Waals surface area contributed by atoms with Crippen LogP contribution in [0.2, 0.25) is 10.0 Å². The van der Waals surface area contributed by atoms with Gasteiger partial charge in [0.25, 0.3) is 5.91 Å². The van der Waals surface area contributed by atoms with Gasteiger partial charge in [0, 0.05) is 44.0 Å². The minimum absolute atomic E-state index is 0.0651. The lowest BCUT2D eigenvalue weighted by molar-refractivity contribution is -0.114. The number of fused-ring (bicyclic) bond motifs is 2. The van der Waals surface area contributed by atoms with Gasteiger partial charge in [-0.1, -0.05) is 89.6 Å². The van der Waals surface area contributed by atoms with E-state index in [9.17, 15) is 4.79 Å². The van der Waals surface area contributed by atoms with Crippen molar-refractivity contribution in [2.24, 2.45) is 9.39 Å². The Balaban J connectivity index is 1.33. The number of para-hydroxylation sites is 1. The molecule has 4 aromatic rings. The molecule has 0 aliphatic carbocycles. The molecule has 6 rings (SSSR count). The van der Waals surface area contributed by atoms with Crippen molar-refractivity contribution >= 4 is 86.0 Å². The molecule has 0 fully saturated rings. The summed E-state index contributed by atoms with van der Waals surface area (Å²) in [7, 11) is 0. The fourth-order valence-electron chi connectivity index (χ4n) is 4.35. The predicted octanol–water partition coefficient (Wildman–Crippen LogP) is 7.51. The molecule has 0 bridgehead atoms. The van der Waals surface area contributed by atoms with Crippen molar-refractivity contribution in [3.63, 3.8) is 0 Å². The van der Waals surface area contributed by atoms with E-state index in [1.165, 1.54) is 11.8 Å². The third kappa shape index (κ3) is 4.69. The Labute approximate surface area is 237 Å². The van der Waals surface area contributed by atoms with Gasteiger partial charge in [-0.3, -0.25) is 10.2 Å². The summed E-state index contributed by atoms with van der Waals surface area (Å²) >= 11 is 15.5. The number of aliphatic imine (C=N–C) groups is 1. The number of carbonyl (C=O) groups excluding carboxylic acids is 1. The fraction of sp³-hybridized carbons (Fsp3) is 0.0714. The minimum Gasteiger partial charge on any atom is -0.342 e. The van der Waals surface area contributed by atoms with Crippen LogP contribution in [0, 0.1) is 5.41 Å². The highest BCUT2D eigenvalue weighted by Gasteiger charge is 2.37. The highest BCUT2D eigenvalue weighted by molar-refractivity contribution is 8.18. The first-order chi connectivity index (χ1) is 18.5. The maximum Gasteiger partial charge on any atom is 0.283 e. The standard InChI is InChI=1S/C28H19Cl2N5OS2/c29-22-10-6-11-23(30)21(22)15-34-14-18(19-9-4-5-12-24(19)34)13-20-25(31)35-27(32-26(20)36)38-33-28(35)37-16-17-7-2-1-3-8-17/h1-14,31H,15-16H2/b20-13+,31-25?. The van der Waals surface area contributed by atoms with Crippen molar-refractivity contribution in [2.75, 3.05) is 0 Å². The Hall–Kier alpha value is -3.30. The number of nitrogens with zero attached hydrogens (tertiary/aromatic N) is 4. The van der Waals surface area contributed by atoms with Crippen LogP contribution < -0.4 is 0 Å². The lowest BCUT2D eigenvalue weighted by atomic mass is 10.1. The highest BCUT2D eigenvalue weighted by atomic mass is 35.5. The first kappa shape index (κ1) is 25.0. The maximum atomic E-state index is 13.0. The molecule has 2 aliphatic rings. The summed E-state index contributed by atoms with van der Waals surface area (Å²) in [6, 6.07) is 23.4. The summed E-state index contributed by atoms with van der Waals surface area (Å²) in [4.78, 5) is 18.9. The zero-order valence-electron chi connectivity index (χ0n) is 19.8. The number of hydrogen-bond acceptors (Lipinski definition) is 5. The van der Waals surface area contributed by atoms with Crippen LogP contribution in [0.5, 0.6) is 0 Å². The largest absolute Gasteiger partial charge is 0.342 e. The van der Waals surface area contributed by atoms with Crippen molar-refractivity contribution in [2.45, 2.75) is 12.3 Å². The minimum atomic E-state index is -0.454. The summed E-state index contributed by atoms with van der Waals surface area (Å²) < 4.78 is 6.53. The van der Waals surface area contributed by atoms with Gasteiger partial charge < -0.3 is 4.57 Å². The number of rotatable bonds is 5. The van der Waals surface area contributed by atoms with Crippen molar-refractivity contribution < 1.29 is 4.79 Å². The monoisotopic (exact) mass is 575 g/mol. The number of nitrogens with one attached hydrogen (secondary N) is 1. The number of amidine groups is 3. The van der Waals surface area contributed by atoms with Crippen LogP contribution in [-0.4, -0.2) is 31.5 Å². The van der Waals surface area contributed by atoms with Gasteiger partial charge in [0.1, 0.15) is 5.84 Å². The van der Waals surface area contributed by atoms with Crippen LogP contribution in [0.15, 0.2) is 94.0 Å². The number of carbonyl (C=O) groups is 1. The van der Waals surface area contributed by atoms with E-state index in [0.29, 0.717) is 32.7 Å². The van der Waals surface area contributed by atoms with Gasteiger partial charge in [0.15, 0.2) is 5.17 Å². The van der Waals surface area contributed by atoms with E-state index in [1.807, 2.05) is 79.0 Å². The average molecular weight is 577 g/mol. The number of amides is 1. The SMILES string of the molecule is N=C1/C(=C\c2cn(Cc3c(Cl)cccc3Cl)c3ccccc23)C(=O)N=C2SN=C(SCc3ccccc3)N12. The van der Waals surface area contributed by atoms with E-state index in [0.717, 1.165) is 39.5 Å². The number of thioether (sulfide) groups is 1. The third-order valence-corrected chi connectivity index (χ3v) is 8.75. The molecule has 1 aromatic heterocycles. The molecule has 10 heteroatoms. The molecular formula is C28H19Cl2N5OS2. The summed E-state index contributed by atoms with van der Waals surface area (Å²) in [6.07, 6.45) is 3.69. The number of hydrogen-bond donors (Lipinski definition) is 1. The Bertz CT molecular complexity index is 1670. The van der Waals surface area contributed by atoms with Crippen molar-refractivity contribution in [3.05, 3.63) is 111 Å². The topological polar surface area (TPSA) is 73.8 Å². The van der Waals surface area contributed by atoms with Gasteiger partial charge >= 0.3 is 0 Å². The Morgan fingerprint density at radius 3 is 2.50 bits per heavy atom. The first-order valence-electron chi connectivity index (χ1n) is 11.7. The van der Waals surface area contributed by atoms with E-state index in [4.69, 9.17) is 28.6 Å². The predicted molar refractivity (Wildman–Crippen MR) is 160 cm³/mol. The molecule has 1 N–H and O–H groups in total. The van der Waals surface area contributed by atoms with Crippen LogP contribution in [0.4, 0.5) is 0 Å². The molecule has 0 unspecified atom stereocenters. The molecule has 3 aromatic carbocycles. The first-order valence-corrected chi connectivity index (χ1v) is 14.2. The van der Waals surface area contributed by atoms with Crippen LogP contribution in [0.3, 0.4) is 0 Å². The van der Waals surface area contributed by atoms with E-state index in [-0.39, 0.29) is 11.4 Å². The van der Waals surface area contributed by atoms with Gasteiger partial charge in [-0.25, -0.2) is 4.90 Å². The Morgan fingerprint density at radius 2 is 1.71 bits per heavy atom. The lowest BCUT2D eigenvalue weighted by Gasteiger charge is -2.24. The van der Waals surface area contributed by atoms with Crippen LogP contribution >= 0.6 is 46.9 Å². The van der Waals surface area contributed by atoms with Gasteiger partial charge in [-0.2, -0.15) is 9.39 Å². The molecule has 6 nitrogen and oxygen atoms in total. The lowest BCUT2D eigenvalue weighted by Crippen LogP contribution is -2.41. The van der Waals surface area contributed by atoms with Crippen molar-refractivity contribution in [1.29, 1.82) is 5.41 Å². The molecule has 1 amide bonds. The normalized spacial score (nSPS) is 16.3. The van der Waals surface area contributed by atoms with E-state index in [1.54, 1.807) is 11.0 Å². The van der Waals surface area contributed by atoms with E-state index in [2.05, 4.69) is 14.0 Å². The zero-order valence-corrected chi connectivity index (χ0v) is 22.9. The zero-order chi connectivity index (χ0) is 26.2. The second-order valence-electron chi connectivity index (χ2n) is 8.61. The van der Waals surface area contributed by atoms with Crippen LogP contribution in [-0.2, 0) is 17.1 Å². The molecule has 0 radical (unpaired) electrons. The van der Waals surface area contributed by atoms with Crippen molar-refractivity contribution in [3.8, 4) is 0 Å². The molecule has 0 atom stereocenters.